The van der Waals surface area contributed by atoms with Gasteiger partial charge in [-0.3, -0.25) is 0 Å². The minimum atomic E-state index is -2.41. The lowest BCUT2D eigenvalue weighted by atomic mass is 10.4. The minimum Gasteiger partial charge on any atom is -0.429 e. The van der Waals surface area contributed by atoms with Crippen molar-refractivity contribution in [1.29, 1.82) is 0 Å². The number of ether oxygens (including phenoxy) is 4. The number of hydrogen-bond donors (Lipinski definition) is 0. The van der Waals surface area contributed by atoms with Crippen LogP contribution >= 0.6 is 0 Å². The molecule has 0 rings (SSSR count). The van der Waals surface area contributed by atoms with Crippen LogP contribution in [0.4, 0.5) is 0 Å². The van der Waals surface area contributed by atoms with Crippen molar-refractivity contribution in [3.05, 3.63) is 38.5 Å². The van der Waals surface area contributed by atoms with Gasteiger partial charge in [0.2, 0.25) is 0 Å². The lowest BCUT2D eigenvalue weighted by Gasteiger charge is -2.32. The quantitative estimate of drug-likeness (QED) is 0.296. The number of hydrogen-bond acceptors (Lipinski definition) is 6. The Balaban J connectivity index is 4.81. The molecule has 0 aromatic heterocycles. The van der Waals surface area contributed by atoms with Crippen molar-refractivity contribution in [2.45, 2.75) is 25.0 Å². The minimum absolute atomic E-state index is 0.163. The van der Waals surface area contributed by atoms with Crippen molar-refractivity contribution >= 4 is 8.56 Å². The van der Waals surface area contributed by atoms with Crippen LogP contribution < -0.4 is 0 Å². The second kappa shape index (κ2) is 9.59. The van der Waals surface area contributed by atoms with Crippen LogP contribution in [-0.4, -0.2) is 35.5 Å². The molecule has 0 aliphatic rings. The maximum Gasteiger partial charge on any atom is 0.415 e. The van der Waals surface area contributed by atoms with Crippen molar-refractivity contribution in [3.63, 3.8) is 0 Å². The summed E-state index contributed by atoms with van der Waals surface area (Å²) in [6.45, 7) is 12.6. The lowest BCUT2D eigenvalue weighted by Crippen LogP contribution is -2.43. The first-order valence-corrected chi connectivity index (χ1v) is 8.58. The first-order valence-electron chi connectivity index (χ1n) is 6.05. The van der Waals surface area contributed by atoms with E-state index in [1.807, 2.05) is 6.55 Å². The molecule has 0 amide bonds. The standard InChI is InChI=1S/C13H24O6Si/c1-7-16-13(17-8-2,18-9-3)10-11-20(6,15-5)19-12-14-4/h7-9H,1-3,10-12H2,4-6H3. The normalized spacial score (nSPS) is 13.9. The summed E-state index contributed by atoms with van der Waals surface area (Å²) < 4.78 is 31.9. The van der Waals surface area contributed by atoms with Gasteiger partial charge < -0.3 is 27.8 Å². The Kier molecular flexibility index (Phi) is 8.98. The van der Waals surface area contributed by atoms with Gasteiger partial charge in [0.15, 0.2) is 0 Å². The third-order valence-electron chi connectivity index (χ3n) is 2.59. The topological polar surface area (TPSA) is 55.4 Å². The summed E-state index contributed by atoms with van der Waals surface area (Å²) in [6.07, 6.45) is 4.04. The van der Waals surface area contributed by atoms with Crippen LogP contribution in [0.2, 0.25) is 12.6 Å². The van der Waals surface area contributed by atoms with Crippen molar-refractivity contribution in [2.75, 3.05) is 21.0 Å². The monoisotopic (exact) mass is 304 g/mol. The molecular formula is C13H24O6Si. The molecule has 0 N–H and O–H groups in total. The Bertz CT molecular complexity index is 283. The van der Waals surface area contributed by atoms with Crippen molar-refractivity contribution < 1.29 is 27.8 Å². The number of methoxy groups -OCH3 is 1. The molecule has 0 fully saturated rings. The summed E-state index contributed by atoms with van der Waals surface area (Å²) in [5.41, 5.74) is 0. The summed E-state index contributed by atoms with van der Waals surface area (Å²) in [4.78, 5) is 0. The molecule has 0 radical (unpaired) electrons. The SMILES string of the molecule is C=COC(CC[Si](C)(OC)OCOC)(OC=C)OC=C. The van der Waals surface area contributed by atoms with E-state index in [4.69, 9.17) is 27.8 Å². The Morgan fingerprint density at radius 3 is 1.85 bits per heavy atom. The van der Waals surface area contributed by atoms with E-state index < -0.39 is 14.5 Å². The second-order valence-electron chi connectivity index (χ2n) is 3.93. The molecule has 0 saturated heterocycles. The molecule has 7 heteroatoms. The summed E-state index contributed by atoms with van der Waals surface area (Å²) in [7, 11) is 0.742. The molecule has 0 aliphatic heterocycles. The molecule has 0 bridgehead atoms. The molecule has 0 aliphatic carbocycles. The van der Waals surface area contributed by atoms with Crippen LogP contribution in [0.3, 0.4) is 0 Å². The van der Waals surface area contributed by atoms with Crippen LogP contribution in [0.5, 0.6) is 0 Å². The molecular weight excluding hydrogens is 280 g/mol. The Morgan fingerprint density at radius 2 is 1.50 bits per heavy atom. The van der Waals surface area contributed by atoms with Crippen molar-refractivity contribution in [2.24, 2.45) is 0 Å². The zero-order valence-corrected chi connectivity index (χ0v) is 13.4. The summed E-state index contributed by atoms with van der Waals surface area (Å²) in [5.74, 6) is -1.37. The molecule has 20 heavy (non-hydrogen) atoms. The van der Waals surface area contributed by atoms with Crippen LogP contribution in [0, 0.1) is 0 Å². The molecule has 0 aromatic carbocycles. The molecule has 6 nitrogen and oxygen atoms in total. The van der Waals surface area contributed by atoms with Crippen molar-refractivity contribution in [3.8, 4) is 0 Å². The van der Waals surface area contributed by atoms with E-state index in [2.05, 4.69) is 19.7 Å². The lowest BCUT2D eigenvalue weighted by molar-refractivity contribution is -0.318. The van der Waals surface area contributed by atoms with Crippen LogP contribution in [0.15, 0.2) is 38.5 Å². The Labute approximate surface area is 121 Å². The maximum absolute atomic E-state index is 5.61. The average Bonchev–Trinajstić information content (AvgIpc) is 2.44. The summed E-state index contributed by atoms with van der Waals surface area (Å²) in [5, 5.41) is 0. The zero-order chi connectivity index (χ0) is 15.5. The summed E-state index contributed by atoms with van der Waals surface area (Å²) in [6, 6.07) is 0.544. The van der Waals surface area contributed by atoms with Gasteiger partial charge >= 0.3 is 14.5 Å². The smallest absolute Gasteiger partial charge is 0.415 e. The maximum atomic E-state index is 5.61. The third-order valence-corrected chi connectivity index (χ3v) is 5.34. The third kappa shape index (κ3) is 6.24. The average molecular weight is 304 g/mol. The van der Waals surface area contributed by atoms with Gasteiger partial charge in [-0.15, -0.1) is 0 Å². The van der Waals surface area contributed by atoms with Gasteiger partial charge in [0.25, 0.3) is 0 Å². The van der Waals surface area contributed by atoms with Gasteiger partial charge in [-0.1, -0.05) is 19.7 Å². The highest BCUT2D eigenvalue weighted by atomic mass is 28.4. The molecule has 1 unspecified atom stereocenters. The van der Waals surface area contributed by atoms with Gasteiger partial charge in [-0.2, -0.15) is 0 Å². The first-order chi connectivity index (χ1) is 9.51. The van der Waals surface area contributed by atoms with Crippen molar-refractivity contribution in [1.82, 2.24) is 0 Å². The van der Waals surface area contributed by atoms with E-state index in [-0.39, 0.29) is 6.79 Å². The predicted molar refractivity (Wildman–Crippen MR) is 77.6 cm³/mol. The molecule has 0 aromatic rings. The largest absolute Gasteiger partial charge is 0.429 e. The van der Waals surface area contributed by atoms with E-state index >= 15 is 0 Å². The second-order valence-corrected chi connectivity index (χ2v) is 7.39. The van der Waals surface area contributed by atoms with Gasteiger partial charge in [0.1, 0.15) is 6.79 Å². The van der Waals surface area contributed by atoms with E-state index in [9.17, 15) is 0 Å². The fourth-order valence-corrected chi connectivity index (χ4v) is 3.03. The van der Waals surface area contributed by atoms with E-state index in [1.165, 1.54) is 18.8 Å². The highest BCUT2D eigenvalue weighted by Crippen LogP contribution is 2.28. The van der Waals surface area contributed by atoms with E-state index in [0.717, 1.165) is 0 Å². The molecule has 0 saturated carbocycles. The van der Waals surface area contributed by atoms with Gasteiger partial charge in [-0.05, 0) is 6.55 Å². The highest BCUT2D eigenvalue weighted by molar-refractivity contribution is 6.65. The zero-order valence-electron chi connectivity index (χ0n) is 12.4. The van der Waals surface area contributed by atoms with Crippen LogP contribution in [-0.2, 0) is 27.8 Å². The van der Waals surface area contributed by atoms with Crippen LogP contribution in [0.1, 0.15) is 6.42 Å². The predicted octanol–water partition coefficient (Wildman–Crippen LogP) is 2.85. The van der Waals surface area contributed by atoms with Gasteiger partial charge in [-0.25, -0.2) is 0 Å². The molecule has 1 atom stereocenters. The first kappa shape index (κ1) is 18.7. The van der Waals surface area contributed by atoms with Gasteiger partial charge in [0, 0.05) is 20.3 Å². The van der Waals surface area contributed by atoms with Gasteiger partial charge in [0.05, 0.1) is 25.2 Å². The Hall–Kier alpha value is -1.28. The fourth-order valence-electron chi connectivity index (χ4n) is 1.44. The van der Waals surface area contributed by atoms with Crippen LogP contribution in [0.25, 0.3) is 0 Å². The molecule has 0 spiro atoms. The van der Waals surface area contributed by atoms with E-state index in [1.54, 1.807) is 14.2 Å². The number of rotatable bonds is 13. The molecule has 0 heterocycles. The molecule has 116 valence electrons. The Morgan fingerprint density at radius 1 is 1.00 bits per heavy atom. The fraction of sp³-hybridized carbons (Fsp3) is 0.538. The summed E-state index contributed by atoms with van der Waals surface area (Å²) >= 11 is 0. The highest BCUT2D eigenvalue weighted by Gasteiger charge is 2.41. The van der Waals surface area contributed by atoms with E-state index in [0.29, 0.717) is 12.5 Å².